The molecule has 0 aliphatic heterocycles. The minimum Gasteiger partial charge on any atom is -0.436 e. The van der Waals surface area contributed by atoms with Crippen molar-refractivity contribution in [1.29, 1.82) is 0 Å². The van der Waals surface area contributed by atoms with Crippen LogP contribution in [0.4, 0.5) is 0 Å². The molecule has 0 radical (unpaired) electrons. The Hall–Kier alpha value is -5.21. The molecule has 0 atom stereocenters. The summed E-state index contributed by atoms with van der Waals surface area (Å²) in [7, 11) is 0. The summed E-state index contributed by atoms with van der Waals surface area (Å²) in [4.78, 5) is 4.76. The molecule has 0 amide bonds. The lowest BCUT2D eigenvalue weighted by atomic mass is 9.84. The maximum absolute atomic E-state index is 6.40. The molecule has 182 valence electrons. The predicted octanol–water partition coefficient (Wildman–Crippen LogP) is 10.2. The summed E-state index contributed by atoms with van der Waals surface area (Å²) in [5, 5.41) is 7.40. The monoisotopic (exact) mass is 497 g/mol. The predicted molar refractivity (Wildman–Crippen MR) is 162 cm³/mol. The van der Waals surface area contributed by atoms with Gasteiger partial charge in [-0.25, -0.2) is 4.98 Å². The molecule has 0 fully saturated rings. The maximum Gasteiger partial charge on any atom is 0.227 e. The van der Waals surface area contributed by atoms with E-state index in [4.69, 9.17) is 9.40 Å². The van der Waals surface area contributed by atoms with Crippen LogP contribution in [0.25, 0.3) is 77.3 Å². The van der Waals surface area contributed by atoms with Gasteiger partial charge in [0, 0.05) is 11.1 Å². The molecular formula is C37H23NO. The molecule has 0 saturated heterocycles. The summed E-state index contributed by atoms with van der Waals surface area (Å²) in [6.45, 7) is 0. The SMILES string of the molecule is c1ccc(-c2cnc(-c3ccc4c(-c5ccccc5)cc5cccc6c(-c7ccccc7)cc3c4c56)o2)cc1. The Morgan fingerprint density at radius 2 is 1.05 bits per heavy atom. The lowest BCUT2D eigenvalue weighted by molar-refractivity contribution is 0.589. The van der Waals surface area contributed by atoms with Crippen molar-refractivity contribution in [3.63, 3.8) is 0 Å². The number of hydrogen-bond donors (Lipinski definition) is 0. The van der Waals surface area contributed by atoms with Gasteiger partial charge in [0.15, 0.2) is 5.76 Å². The van der Waals surface area contributed by atoms with Crippen LogP contribution >= 0.6 is 0 Å². The van der Waals surface area contributed by atoms with Crippen molar-refractivity contribution < 1.29 is 4.42 Å². The van der Waals surface area contributed by atoms with Crippen LogP contribution in [0, 0.1) is 0 Å². The molecule has 2 heteroatoms. The molecule has 1 aromatic heterocycles. The van der Waals surface area contributed by atoms with Gasteiger partial charge in [-0.2, -0.15) is 0 Å². The first-order valence-electron chi connectivity index (χ1n) is 13.2. The summed E-state index contributed by atoms with van der Waals surface area (Å²) < 4.78 is 6.40. The van der Waals surface area contributed by atoms with Crippen molar-refractivity contribution in [3.05, 3.63) is 140 Å². The van der Waals surface area contributed by atoms with E-state index in [1.807, 2.05) is 36.5 Å². The Bertz CT molecular complexity index is 2090. The first kappa shape index (κ1) is 21.8. The van der Waals surface area contributed by atoms with Gasteiger partial charge < -0.3 is 4.42 Å². The minimum atomic E-state index is 0.632. The van der Waals surface area contributed by atoms with Crippen molar-refractivity contribution in [2.75, 3.05) is 0 Å². The van der Waals surface area contributed by atoms with E-state index in [0.717, 1.165) is 22.3 Å². The standard InChI is InChI=1S/C37H23NO/c1-4-11-24(12-5-1)31-21-27-17-10-18-28-32(25-13-6-2-7-14-25)22-33-30(20-19-29(31)36(33)35(27)28)37-38-23-34(39-37)26-15-8-3-9-16-26/h1-23H. The van der Waals surface area contributed by atoms with E-state index in [1.54, 1.807) is 0 Å². The average molecular weight is 498 g/mol. The van der Waals surface area contributed by atoms with Crippen LogP contribution in [-0.2, 0) is 0 Å². The van der Waals surface area contributed by atoms with Gasteiger partial charge >= 0.3 is 0 Å². The third-order valence-corrected chi connectivity index (χ3v) is 7.73. The largest absolute Gasteiger partial charge is 0.436 e. The third-order valence-electron chi connectivity index (χ3n) is 7.73. The van der Waals surface area contributed by atoms with Crippen molar-refractivity contribution in [2.45, 2.75) is 0 Å². The van der Waals surface area contributed by atoms with Crippen LogP contribution in [0.5, 0.6) is 0 Å². The number of oxazole rings is 1. The molecule has 2 nitrogen and oxygen atoms in total. The fourth-order valence-corrected chi connectivity index (χ4v) is 5.95. The molecule has 8 rings (SSSR count). The Balaban J connectivity index is 1.49. The van der Waals surface area contributed by atoms with Crippen LogP contribution in [0.2, 0.25) is 0 Å². The third kappa shape index (κ3) is 3.46. The van der Waals surface area contributed by atoms with Crippen LogP contribution in [-0.4, -0.2) is 4.98 Å². The second-order valence-corrected chi connectivity index (χ2v) is 9.96. The molecular weight excluding hydrogens is 474 g/mol. The molecule has 0 unspecified atom stereocenters. The van der Waals surface area contributed by atoms with E-state index in [0.29, 0.717) is 5.89 Å². The fraction of sp³-hybridized carbons (Fsp3) is 0. The molecule has 39 heavy (non-hydrogen) atoms. The highest BCUT2D eigenvalue weighted by Crippen LogP contribution is 2.46. The first-order valence-corrected chi connectivity index (χ1v) is 13.2. The smallest absolute Gasteiger partial charge is 0.227 e. The minimum absolute atomic E-state index is 0.632. The van der Waals surface area contributed by atoms with Gasteiger partial charge in [-0.05, 0) is 72.8 Å². The van der Waals surface area contributed by atoms with Crippen LogP contribution in [0.3, 0.4) is 0 Å². The van der Waals surface area contributed by atoms with Gasteiger partial charge in [0.05, 0.1) is 6.20 Å². The average Bonchev–Trinajstić information content (AvgIpc) is 3.51. The highest BCUT2D eigenvalue weighted by Gasteiger charge is 2.20. The second kappa shape index (κ2) is 8.68. The van der Waals surface area contributed by atoms with E-state index >= 15 is 0 Å². The maximum atomic E-state index is 6.40. The lowest BCUT2D eigenvalue weighted by Gasteiger charge is -2.19. The van der Waals surface area contributed by atoms with Crippen LogP contribution < -0.4 is 0 Å². The summed E-state index contributed by atoms with van der Waals surface area (Å²) >= 11 is 0. The van der Waals surface area contributed by atoms with E-state index in [-0.39, 0.29) is 0 Å². The van der Waals surface area contributed by atoms with Crippen LogP contribution in [0.15, 0.2) is 144 Å². The summed E-state index contributed by atoms with van der Waals surface area (Å²) in [5.41, 5.74) is 6.87. The number of hydrogen-bond acceptors (Lipinski definition) is 2. The zero-order valence-electron chi connectivity index (χ0n) is 21.1. The number of benzene rings is 7. The fourth-order valence-electron chi connectivity index (χ4n) is 5.95. The molecule has 1 heterocycles. The lowest BCUT2D eigenvalue weighted by Crippen LogP contribution is -1.92. The van der Waals surface area contributed by atoms with Gasteiger partial charge in [0.25, 0.3) is 0 Å². The van der Waals surface area contributed by atoms with Gasteiger partial charge in [0.1, 0.15) is 0 Å². The van der Waals surface area contributed by atoms with Crippen molar-refractivity contribution in [3.8, 4) is 45.0 Å². The van der Waals surface area contributed by atoms with E-state index < -0.39 is 0 Å². The second-order valence-electron chi connectivity index (χ2n) is 9.96. The van der Waals surface area contributed by atoms with Gasteiger partial charge in [-0.1, -0.05) is 115 Å². The van der Waals surface area contributed by atoms with E-state index in [2.05, 4.69) is 103 Å². The molecule has 0 saturated carbocycles. The quantitative estimate of drug-likeness (QED) is 0.226. The Morgan fingerprint density at radius 1 is 0.436 bits per heavy atom. The summed E-state index contributed by atoms with van der Waals surface area (Å²) in [6, 6.07) is 47.2. The number of rotatable bonds is 4. The molecule has 7 aromatic carbocycles. The van der Waals surface area contributed by atoms with Crippen molar-refractivity contribution >= 4 is 32.3 Å². The molecule has 0 aliphatic rings. The molecule has 8 aromatic rings. The Kier molecular flexibility index (Phi) is 4.86. The Morgan fingerprint density at radius 3 is 1.74 bits per heavy atom. The molecule has 0 N–H and O–H groups in total. The van der Waals surface area contributed by atoms with Crippen molar-refractivity contribution in [1.82, 2.24) is 4.98 Å². The topological polar surface area (TPSA) is 26.0 Å². The highest BCUT2D eigenvalue weighted by atomic mass is 16.4. The number of aromatic nitrogens is 1. The van der Waals surface area contributed by atoms with E-state index in [1.165, 1.54) is 49.2 Å². The Labute approximate surface area is 226 Å². The molecule has 0 spiro atoms. The first-order chi connectivity index (χ1) is 19.3. The number of nitrogens with zero attached hydrogens (tertiary/aromatic N) is 1. The summed E-state index contributed by atoms with van der Waals surface area (Å²) in [6.07, 6.45) is 1.83. The zero-order chi connectivity index (χ0) is 25.8. The zero-order valence-corrected chi connectivity index (χ0v) is 21.1. The van der Waals surface area contributed by atoms with Gasteiger partial charge in [-0.15, -0.1) is 0 Å². The summed E-state index contributed by atoms with van der Waals surface area (Å²) in [5.74, 6) is 1.40. The molecule has 0 aliphatic carbocycles. The van der Waals surface area contributed by atoms with E-state index in [9.17, 15) is 0 Å². The van der Waals surface area contributed by atoms with Gasteiger partial charge in [-0.3, -0.25) is 0 Å². The molecule has 0 bridgehead atoms. The van der Waals surface area contributed by atoms with Crippen LogP contribution in [0.1, 0.15) is 0 Å². The normalized spacial score (nSPS) is 11.6. The van der Waals surface area contributed by atoms with Crippen molar-refractivity contribution in [2.24, 2.45) is 0 Å². The van der Waals surface area contributed by atoms with Gasteiger partial charge in [0.2, 0.25) is 5.89 Å². The highest BCUT2D eigenvalue weighted by molar-refractivity contribution is 6.30.